The van der Waals surface area contributed by atoms with Crippen LogP contribution in [0.3, 0.4) is 0 Å². The van der Waals surface area contributed by atoms with Gasteiger partial charge < -0.3 is 15.3 Å². The third kappa shape index (κ3) is 5.06. The van der Waals surface area contributed by atoms with Crippen LogP contribution in [0.2, 0.25) is 0 Å². The number of hydrogen-bond acceptors (Lipinski definition) is 3. The quantitative estimate of drug-likeness (QED) is 0.636. The van der Waals surface area contributed by atoms with Crippen molar-refractivity contribution in [2.24, 2.45) is 0 Å². The number of nitrogens with one attached hydrogen (secondary N) is 1. The van der Waals surface area contributed by atoms with E-state index in [2.05, 4.69) is 58.8 Å². The van der Waals surface area contributed by atoms with E-state index in [1.807, 2.05) is 23.1 Å². The number of carbonyl (C=O) groups is 1. The molecule has 1 saturated carbocycles. The summed E-state index contributed by atoms with van der Waals surface area (Å²) in [5.41, 5.74) is 3.61. The third-order valence-corrected chi connectivity index (χ3v) is 7.93. The van der Waals surface area contributed by atoms with Crippen LogP contribution in [0.1, 0.15) is 61.1 Å². The average Bonchev–Trinajstić information content (AvgIpc) is 3.36. The number of urea groups is 1. The standard InChI is InChI=1S/C29H37N3O2/c33-21-27-28(24-16-14-23(15-17-24)13-12-22-8-2-1-3-9-22)26-20-31(18-6-7-19-32(26)27)29(34)30-25-10-4-5-11-25/h1-3,8-9,12-17,25-28,33H,4-7,10-11,18-21H2,(H,30,34)/b13-12+/t26-,27-,28-/m0/s1. The van der Waals surface area contributed by atoms with Crippen molar-refractivity contribution < 1.29 is 9.90 Å². The van der Waals surface area contributed by atoms with Crippen molar-refractivity contribution in [1.82, 2.24) is 15.1 Å². The molecule has 0 unspecified atom stereocenters. The molecular weight excluding hydrogens is 422 g/mol. The molecular formula is C29H37N3O2. The van der Waals surface area contributed by atoms with Crippen LogP contribution in [0.25, 0.3) is 12.2 Å². The summed E-state index contributed by atoms with van der Waals surface area (Å²) >= 11 is 0. The first-order valence-electron chi connectivity index (χ1n) is 13.0. The van der Waals surface area contributed by atoms with Gasteiger partial charge in [0, 0.05) is 37.1 Å². The predicted octanol–water partition coefficient (Wildman–Crippen LogP) is 4.73. The highest BCUT2D eigenvalue weighted by atomic mass is 16.3. The van der Waals surface area contributed by atoms with Gasteiger partial charge in [-0.05, 0) is 48.9 Å². The van der Waals surface area contributed by atoms with Gasteiger partial charge in [-0.2, -0.15) is 0 Å². The van der Waals surface area contributed by atoms with E-state index >= 15 is 0 Å². The van der Waals surface area contributed by atoms with E-state index in [0.717, 1.165) is 45.3 Å². The maximum atomic E-state index is 13.1. The number of amides is 2. The molecule has 2 saturated heterocycles. The SMILES string of the molecule is O=C(NC1CCCC1)N1CCCCN2[C@@H](CO)[C@@H](c3ccc(/C=C/c4ccccc4)cc3)[C@@H]2C1. The van der Waals surface area contributed by atoms with E-state index in [1.165, 1.54) is 29.5 Å². The largest absolute Gasteiger partial charge is 0.395 e. The minimum absolute atomic E-state index is 0.0985. The molecule has 0 radical (unpaired) electrons. The first-order valence-corrected chi connectivity index (χ1v) is 13.0. The molecule has 0 aromatic heterocycles. The lowest BCUT2D eigenvalue weighted by Gasteiger charge is -2.57. The lowest BCUT2D eigenvalue weighted by molar-refractivity contribution is -0.0591. The Kier molecular flexibility index (Phi) is 7.31. The van der Waals surface area contributed by atoms with Crippen molar-refractivity contribution in [2.45, 2.75) is 62.6 Å². The summed E-state index contributed by atoms with van der Waals surface area (Å²) < 4.78 is 0. The van der Waals surface area contributed by atoms with Gasteiger partial charge in [-0.25, -0.2) is 4.79 Å². The Labute approximate surface area is 203 Å². The Hall–Kier alpha value is -2.63. The van der Waals surface area contributed by atoms with Gasteiger partial charge in [-0.1, -0.05) is 79.6 Å². The zero-order chi connectivity index (χ0) is 23.3. The van der Waals surface area contributed by atoms with Gasteiger partial charge in [0.15, 0.2) is 0 Å². The summed E-state index contributed by atoms with van der Waals surface area (Å²) in [6.07, 6.45) is 11.0. The van der Waals surface area contributed by atoms with Crippen LogP contribution in [-0.2, 0) is 0 Å². The molecule has 1 aliphatic carbocycles. The minimum atomic E-state index is 0.0985. The molecule has 2 heterocycles. The van der Waals surface area contributed by atoms with Crippen LogP contribution < -0.4 is 5.32 Å². The van der Waals surface area contributed by atoms with Gasteiger partial charge in [-0.3, -0.25) is 4.90 Å². The highest BCUT2D eigenvalue weighted by Crippen LogP contribution is 2.42. The molecule has 3 aliphatic rings. The summed E-state index contributed by atoms with van der Waals surface area (Å²) in [5.74, 6) is 0.247. The predicted molar refractivity (Wildman–Crippen MR) is 138 cm³/mol. The van der Waals surface area contributed by atoms with E-state index in [4.69, 9.17) is 0 Å². The second-order valence-electron chi connectivity index (χ2n) is 10.1. The van der Waals surface area contributed by atoms with Crippen molar-refractivity contribution >= 4 is 18.2 Å². The summed E-state index contributed by atoms with van der Waals surface area (Å²) in [6, 6.07) is 19.9. The van der Waals surface area contributed by atoms with Crippen LogP contribution in [0, 0.1) is 0 Å². The van der Waals surface area contributed by atoms with E-state index < -0.39 is 0 Å². The molecule has 2 aromatic rings. The zero-order valence-corrected chi connectivity index (χ0v) is 20.0. The number of rotatable bonds is 5. The van der Waals surface area contributed by atoms with E-state index in [9.17, 15) is 9.90 Å². The number of benzene rings is 2. The number of fused-ring (bicyclic) bond motifs is 1. The molecule has 2 N–H and O–H groups in total. The maximum absolute atomic E-state index is 13.1. The summed E-state index contributed by atoms with van der Waals surface area (Å²) in [6.45, 7) is 2.71. The molecule has 2 aliphatic heterocycles. The first kappa shape index (κ1) is 23.1. The smallest absolute Gasteiger partial charge is 0.317 e. The van der Waals surface area contributed by atoms with Crippen molar-refractivity contribution in [3.8, 4) is 0 Å². The summed E-state index contributed by atoms with van der Waals surface area (Å²) in [4.78, 5) is 17.5. The Balaban J connectivity index is 1.29. The monoisotopic (exact) mass is 459 g/mol. The lowest BCUT2D eigenvalue weighted by Crippen LogP contribution is -2.68. The Morgan fingerprint density at radius 1 is 0.912 bits per heavy atom. The van der Waals surface area contributed by atoms with Crippen LogP contribution in [0.15, 0.2) is 54.6 Å². The molecule has 5 rings (SSSR count). The zero-order valence-electron chi connectivity index (χ0n) is 20.0. The third-order valence-electron chi connectivity index (χ3n) is 7.93. The molecule has 2 aromatic carbocycles. The number of carbonyl (C=O) groups excluding carboxylic acids is 1. The Morgan fingerprint density at radius 3 is 2.29 bits per heavy atom. The average molecular weight is 460 g/mol. The van der Waals surface area contributed by atoms with Gasteiger partial charge in [-0.15, -0.1) is 0 Å². The van der Waals surface area contributed by atoms with Crippen LogP contribution in [-0.4, -0.2) is 65.3 Å². The number of aliphatic hydroxyl groups excluding tert-OH is 1. The van der Waals surface area contributed by atoms with Gasteiger partial charge >= 0.3 is 6.03 Å². The first-order chi connectivity index (χ1) is 16.7. The fourth-order valence-corrected chi connectivity index (χ4v) is 6.05. The van der Waals surface area contributed by atoms with E-state index in [-0.39, 0.29) is 30.6 Å². The normalized spacial score (nSPS) is 26.0. The molecule has 2 amide bonds. The second-order valence-corrected chi connectivity index (χ2v) is 10.1. The van der Waals surface area contributed by atoms with Gasteiger partial charge in [0.25, 0.3) is 0 Å². The minimum Gasteiger partial charge on any atom is -0.395 e. The van der Waals surface area contributed by atoms with Gasteiger partial charge in [0.1, 0.15) is 0 Å². The summed E-state index contributed by atoms with van der Waals surface area (Å²) in [5, 5.41) is 13.5. The van der Waals surface area contributed by atoms with Crippen LogP contribution >= 0.6 is 0 Å². The molecule has 3 fully saturated rings. The Bertz CT molecular complexity index is 969. The maximum Gasteiger partial charge on any atom is 0.317 e. The molecule has 5 nitrogen and oxygen atoms in total. The molecule has 180 valence electrons. The summed E-state index contributed by atoms with van der Waals surface area (Å²) in [7, 11) is 0. The molecule has 5 heteroatoms. The van der Waals surface area contributed by atoms with Crippen molar-refractivity contribution in [2.75, 3.05) is 26.2 Å². The molecule has 3 atom stereocenters. The van der Waals surface area contributed by atoms with Gasteiger partial charge in [0.2, 0.25) is 0 Å². The molecule has 0 spiro atoms. The highest BCUT2D eigenvalue weighted by molar-refractivity contribution is 5.74. The lowest BCUT2D eigenvalue weighted by atomic mass is 9.74. The van der Waals surface area contributed by atoms with Gasteiger partial charge in [0.05, 0.1) is 6.61 Å². The van der Waals surface area contributed by atoms with E-state index in [1.54, 1.807) is 0 Å². The molecule has 0 bridgehead atoms. The number of aliphatic hydroxyl groups is 1. The fourth-order valence-electron chi connectivity index (χ4n) is 6.05. The van der Waals surface area contributed by atoms with Crippen LogP contribution in [0.4, 0.5) is 4.79 Å². The number of nitrogens with zero attached hydrogens (tertiary/aromatic N) is 2. The number of hydrogen-bond donors (Lipinski definition) is 2. The van der Waals surface area contributed by atoms with Crippen LogP contribution in [0.5, 0.6) is 0 Å². The highest BCUT2D eigenvalue weighted by Gasteiger charge is 2.49. The second kappa shape index (κ2) is 10.7. The molecule has 34 heavy (non-hydrogen) atoms. The Morgan fingerprint density at radius 2 is 1.59 bits per heavy atom. The van der Waals surface area contributed by atoms with Crippen molar-refractivity contribution in [1.29, 1.82) is 0 Å². The fraction of sp³-hybridized carbons (Fsp3) is 0.483. The topological polar surface area (TPSA) is 55.8 Å². The van der Waals surface area contributed by atoms with Crippen molar-refractivity contribution in [3.63, 3.8) is 0 Å². The van der Waals surface area contributed by atoms with E-state index in [0.29, 0.717) is 6.04 Å². The van der Waals surface area contributed by atoms with Crippen molar-refractivity contribution in [3.05, 3.63) is 71.3 Å².